The van der Waals surface area contributed by atoms with Gasteiger partial charge in [-0.3, -0.25) is 0 Å². The van der Waals surface area contributed by atoms with Crippen LogP contribution in [0.15, 0.2) is 109 Å². The predicted molar refractivity (Wildman–Crippen MR) is 244 cm³/mol. The Morgan fingerprint density at radius 2 is 0.789 bits per heavy atom. The molecule has 18 rings (SSSR count). The molecule has 57 heavy (non-hydrogen) atoms. The smallest absolute Gasteiger partial charge is 0.276 e. The first-order valence-electron chi connectivity index (χ1n) is 20.8. The number of aryl methyl sites for hydroxylation is 1. The van der Waals surface area contributed by atoms with E-state index in [1.54, 1.807) is 43.4 Å². The van der Waals surface area contributed by atoms with Gasteiger partial charge >= 0.3 is 0 Å². The first-order valence-corrected chi connectivity index (χ1v) is 23.7. The second-order valence-electron chi connectivity index (χ2n) is 18.8. The van der Waals surface area contributed by atoms with Crippen LogP contribution in [0.4, 0.5) is 0 Å². The highest BCUT2D eigenvalue weighted by Crippen LogP contribution is 2.72. The first-order chi connectivity index (χ1) is 28.0. The van der Waals surface area contributed by atoms with E-state index in [-0.39, 0.29) is 11.8 Å². The van der Waals surface area contributed by atoms with Crippen LogP contribution >= 0.6 is 0 Å². The predicted octanol–water partition coefficient (Wildman–Crippen LogP) is 14.2. The lowest BCUT2D eigenvalue weighted by Crippen LogP contribution is -2.45. The minimum atomic E-state index is -2.47. The van der Waals surface area contributed by atoms with Crippen LogP contribution in [-0.4, -0.2) is 8.32 Å². The Bertz CT molecular complexity index is 4360. The normalized spacial score (nSPS) is 18.4. The summed E-state index contributed by atoms with van der Waals surface area (Å²) in [6, 6.07) is 40.5. The van der Waals surface area contributed by atoms with Gasteiger partial charge in [0, 0.05) is 11.5 Å². The van der Waals surface area contributed by atoms with Gasteiger partial charge in [-0.15, -0.1) is 0 Å². The van der Waals surface area contributed by atoms with Gasteiger partial charge in [0.15, 0.2) is 0 Å². The molecule has 0 amide bonds. The summed E-state index contributed by atoms with van der Waals surface area (Å²) in [7, 11) is -2.47. The molecule has 0 bridgehead atoms. The van der Waals surface area contributed by atoms with Crippen molar-refractivity contribution in [2.75, 3.05) is 0 Å². The summed E-state index contributed by atoms with van der Waals surface area (Å²) in [6.07, 6.45) is 0. The minimum absolute atomic E-state index is 0.0369. The highest BCUT2D eigenvalue weighted by Gasteiger charge is 2.51. The number of hydrogen-bond acceptors (Lipinski definition) is 1. The van der Waals surface area contributed by atoms with Crippen molar-refractivity contribution >= 4 is 148 Å². The molecule has 0 spiro atoms. The molecule has 0 aromatic heterocycles. The zero-order valence-electron chi connectivity index (χ0n) is 31.4. The summed E-state index contributed by atoms with van der Waals surface area (Å²) in [6.45, 7) is 7.04. The van der Waals surface area contributed by atoms with Gasteiger partial charge in [0.2, 0.25) is 0 Å². The molecule has 0 aliphatic heterocycles. The number of hydrogen-bond donors (Lipinski definition) is 0. The third-order valence-corrected chi connectivity index (χ3v) is 18.8. The van der Waals surface area contributed by atoms with Crippen molar-refractivity contribution in [2.24, 2.45) is 0 Å². The van der Waals surface area contributed by atoms with Crippen LogP contribution in [0.5, 0.6) is 0 Å². The van der Waals surface area contributed by atoms with E-state index in [4.69, 9.17) is 4.43 Å². The van der Waals surface area contributed by atoms with E-state index in [2.05, 4.69) is 123 Å². The van der Waals surface area contributed by atoms with Crippen molar-refractivity contribution in [1.29, 1.82) is 0 Å². The van der Waals surface area contributed by atoms with E-state index in [1.807, 2.05) is 0 Å². The largest absolute Gasteiger partial charge is 0.542 e. The van der Waals surface area contributed by atoms with Crippen LogP contribution in [0.25, 0.3) is 135 Å². The molecule has 15 aromatic rings. The maximum Gasteiger partial charge on any atom is 0.276 e. The van der Waals surface area contributed by atoms with Crippen molar-refractivity contribution in [1.82, 2.24) is 0 Å². The number of rotatable bonds is 4. The molecule has 3 aliphatic carbocycles. The van der Waals surface area contributed by atoms with Gasteiger partial charge in [0.05, 0.1) is 11.7 Å². The van der Waals surface area contributed by atoms with Crippen molar-refractivity contribution in [2.45, 2.75) is 31.9 Å². The van der Waals surface area contributed by atoms with E-state index in [9.17, 15) is 0 Å². The highest BCUT2D eigenvalue weighted by atomic mass is 28.4. The molecule has 0 saturated heterocycles. The van der Waals surface area contributed by atoms with Gasteiger partial charge < -0.3 is 4.43 Å². The molecule has 2 heteroatoms. The van der Waals surface area contributed by atoms with Gasteiger partial charge in [0.1, 0.15) is 0 Å². The zero-order valence-corrected chi connectivity index (χ0v) is 32.4. The molecule has 0 fully saturated rings. The lowest BCUT2D eigenvalue weighted by atomic mass is 9.72. The van der Waals surface area contributed by atoms with Gasteiger partial charge in [-0.2, -0.15) is 0 Å². The maximum absolute atomic E-state index is 7.97. The molecular weight excluding hydrogens is 705 g/mol. The number of benzene rings is 11. The Kier molecular flexibility index (Phi) is 3.70. The fraction of sp³-hybridized carbons (Fsp3) is 0.0909. The Morgan fingerprint density at radius 1 is 0.386 bits per heavy atom. The van der Waals surface area contributed by atoms with Gasteiger partial charge in [0.25, 0.3) is 8.32 Å². The Hall–Kier alpha value is -6.48. The molecule has 0 saturated carbocycles. The van der Waals surface area contributed by atoms with Crippen LogP contribution in [0.3, 0.4) is 0 Å². The number of allylic oxidation sites excluding steroid dienone is 2. The molecule has 0 radical (unpaired) electrons. The summed E-state index contributed by atoms with van der Waals surface area (Å²) < 4.78 is 7.97. The zero-order chi connectivity index (χ0) is 36.4. The maximum atomic E-state index is 7.97. The summed E-state index contributed by atoms with van der Waals surface area (Å²) in [4.78, 5) is 0. The molecular formula is C55H28OSi. The van der Waals surface area contributed by atoms with E-state index >= 15 is 0 Å². The van der Waals surface area contributed by atoms with E-state index in [0.717, 1.165) is 0 Å². The molecule has 3 aliphatic rings. The number of fused-ring (bicyclic) bond motifs is 5. The van der Waals surface area contributed by atoms with Gasteiger partial charge in [-0.05, 0) is 182 Å². The minimum Gasteiger partial charge on any atom is -0.542 e. The Labute approximate surface area is 325 Å². The highest BCUT2D eigenvalue weighted by molar-refractivity contribution is 6.84. The monoisotopic (exact) mass is 732 g/mol. The Morgan fingerprint density at radius 3 is 1.30 bits per heavy atom. The van der Waals surface area contributed by atoms with E-state index < -0.39 is 8.32 Å². The fourth-order valence-electron chi connectivity index (χ4n) is 14.5. The second kappa shape index (κ2) is 7.77. The topological polar surface area (TPSA) is 9.23 Å². The molecule has 2 unspecified atom stereocenters. The molecule has 258 valence electrons. The molecule has 0 N–H and O–H groups in total. The summed E-state index contributed by atoms with van der Waals surface area (Å²) >= 11 is 0. The quantitative estimate of drug-likeness (QED) is 0.129. The average Bonchev–Trinajstić information content (AvgIpc) is 4.06. The van der Waals surface area contributed by atoms with Crippen molar-refractivity contribution in [3.8, 4) is 0 Å². The van der Waals surface area contributed by atoms with Gasteiger partial charge in [-0.25, -0.2) is 0 Å². The van der Waals surface area contributed by atoms with Crippen molar-refractivity contribution in [3.63, 3.8) is 0 Å². The van der Waals surface area contributed by atoms with Crippen LogP contribution in [0.2, 0.25) is 13.1 Å². The van der Waals surface area contributed by atoms with Crippen LogP contribution in [0, 0.1) is 6.92 Å². The van der Waals surface area contributed by atoms with Gasteiger partial charge in [-0.1, -0.05) is 109 Å². The molecule has 2 atom stereocenters. The lowest BCUT2D eigenvalue weighted by Gasteiger charge is -2.38. The average molecular weight is 733 g/mol. The van der Waals surface area contributed by atoms with Crippen molar-refractivity contribution < 1.29 is 4.43 Å². The molecule has 0 heterocycles. The van der Waals surface area contributed by atoms with E-state index in [0.29, 0.717) is 0 Å². The molecule has 15 aromatic carbocycles. The van der Waals surface area contributed by atoms with Crippen molar-refractivity contribution in [3.05, 3.63) is 142 Å². The third kappa shape index (κ3) is 2.34. The standard InChI is InChI=1S/C55H28OSi/c1-21-9-11-22(12-10-21)32-39-30-19-17-28-26-15-13-24-25-14-16-27-29-18-20-31-41-38(29)45-36(27)34(25)43-33(24)35(26)44-37(28)40(30)47-46(39)49(48(41)54-52(45)50(43)51(44)53(47)54)42(31)55(32)56-57(2,3)23-7-5-4-6-8-23/h4-20,39,42H,1-3H3. The Balaban J connectivity index is 1.17. The molecule has 1 nitrogen and oxygen atoms in total. The van der Waals surface area contributed by atoms with Crippen LogP contribution in [0.1, 0.15) is 45.2 Å². The van der Waals surface area contributed by atoms with E-state index in [1.165, 1.54) is 136 Å². The fourth-order valence-corrected chi connectivity index (χ4v) is 16.4. The SMILES string of the molecule is Cc1ccc(C2=C(O[Si](C)(C)c3ccccc3)C3c4ccc5c6ccc7c8ccc9c%10ccc%11c%12c%13c(c3c3c4c5c4c6c7c5c8c9c(c%10%12)c6c%13c3c4c56)C2%11)cc1. The lowest BCUT2D eigenvalue weighted by molar-refractivity contribution is 0.397. The van der Waals surface area contributed by atoms with Crippen LogP contribution < -0.4 is 5.19 Å². The second-order valence-corrected chi connectivity index (χ2v) is 22.6. The summed E-state index contributed by atoms with van der Waals surface area (Å²) in [5, 5.41) is 37.5. The van der Waals surface area contributed by atoms with Crippen LogP contribution in [-0.2, 0) is 4.43 Å². The first kappa shape index (κ1) is 27.2. The third-order valence-electron chi connectivity index (χ3n) is 16.3. The summed E-state index contributed by atoms with van der Waals surface area (Å²) in [5.74, 6) is 1.33. The summed E-state index contributed by atoms with van der Waals surface area (Å²) in [5.41, 5.74) is 10.0.